The minimum Gasteiger partial charge on any atom is -0.343 e. The van der Waals surface area contributed by atoms with Crippen LogP contribution in [0.15, 0.2) is 60.7 Å². The van der Waals surface area contributed by atoms with Crippen LogP contribution in [-0.4, -0.2) is 31.2 Å². The van der Waals surface area contributed by atoms with Crippen molar-refractivity contribution in [2.24, 2.45) is 0 Å². The van der Waals surface area contributed by atoms with Gasteiger partial charge in [-0.25, -0.2) is 18.1 Å². The molecule has 2 aromatic rings. The second kappa shape index (κ2) is 11.9. The summed E-state index contributed by atoms with van der Waals surface area (Å²) in [6.07, 6.45) is 2.00. The minimum absolute atomic E-state index is 0.0236. The monoisotopic (exact) mass is 550 g/mol. The van der Waals surface area contributed by atoms with Gasteiger partial charge in [-0.05, 0) is 60.2 Å². The summed E-state index contributed by atoms with van der Waals surface area (Å²) in [5.74, 6) is -0.363. The molecule has 9 heteroatoms. The molecule has 1 aliphatic heterocycles. The van der Waals surface area contributed by atoms with E-state index < -0.39 is 15.9 Å². The molecular weight excluding hydrogens is 520 g/mol. The maximum Gasteiger partial charge on any atom is 0.283 e. The lowest BCUT2D eigenvalue weighted by molar-refractivity contribution is 0.0976. The van der Waals surface area contributed by atoms with E-state index >= 15 is 0 Å². The van der Waals surface area contributed by atoms with E-state index in [0.29, 0.717) is 18.8 Å². The van der Waals surface area contributed by atoms with Crippen molar-refractivity contribution in [1.82, 2.24) is 9.71 Å². The number of carbonyl (C=O) groups excluding carboxylic acids is 1. The van der Waals surface area contributed by atoms with E-state index in [4.69, 9.17) is 11.6 Å². The number of hydrogen-bond donors (Lipinski definition) is 1. The highest BCUT2D eigenvalue weighted by Crippen LogP contribution is 2.41. The zero-order valence-corrected chi connectivity index (χ0v) is 23.3. The van der Waals surface area contributed by atoms with Crippen molar-refractivity contribution in [1.29, 1.82) is 0 Å². The Morgan fingerprint density at radius 3 is 2.29 bits per heavy atom. The summed E-state index contributed by atoms with van der Waals surface area (Å²) < 4.78 is 26.7. The largest absolute Gasteiger partial charge is 0.343 e. The predicted molar refractivity (Wildman–Crippen MR) is 153 cm³/mol. The third-order valence-corrected chi connectivity index (χ3v) is 7.99. The van der Waals surface area contributed by atoms with Gasteiger partial charge in [0.05, 0.1) is 11.4 Å². The van der Waals surface area contributed by atoms with Crippen molar-refractivity contribution < 1.29 is 13.2 Å². The topological polar surface area (TPSA) is 82.6 Å². The molecule has 7 nitrogen and oxygen atoms in total. The van der Waals surface area contributed by atoms with E-state index in [1.54, 1.807) is 11.0 Å². The molecule has 2 aliphatic carbocycles. The number of hydrogen-bond acceptors (Lipinski definition) is 6. The second-order valence-electron chi connectivity index (χ2n) is 9.35. The highest BCUT2D eigenvalue weighted by Gasteiger charge is 2.36. The molecule has 1 amide bonds. The number of fused-ring (bicyclic) bond motifs is 2. The van der Waals surface area contributed by atoms with Crippen molar-refractivity contribution in [2.45, 2.75) is 52.7 Å². The fourth-order valence-corrected chi connectivity index (χ4v) is 5.59. The lowest BCUT2D eigenvalue weighted by atomic mass is 9.95. The summed E-state index contributed by atoms with van der Waals surface area (Å²) in [5.41, 5.74) is 5.62. The summed E-state index contributed by atoms with van der Waals surface area (Å²) in [6.45, 7) is 6.45. The maximum atomic E-state index is 12.7. The lowest BCUT2D eigenvalue weighted by Crippen LogP contribution is -2.38. The van der Waals surface area contributed by atoms with Crippen LogP contribution in [0.25, 0.3) is 11.1 Å². The van der Waals surface area contributed by atoms with Gasteiger partial charge in [0.2, 0.25) is 10.0 Å². The van der Waals surface area contributed by atoms with Gasteiger partial charge in [0.15, 0.2) is 5.82 Å². The highest BCUT2D eigenvalue weighted by atomic mass is 35.5. The van der Waals surface area contributed by atoms with E-state index in [0.717, 1.165) is 29.7 Å². The molecule has 0 fully saturated rings. The summed E-state index contributed by atoms with van der Waals surface area (Å²) in [4.78, 5) is 21.0. The van der Waals surface area contributed by atoms with Crippen LogP contribution in [-0.2, 0) is 16.6 Å². The van der Waals surface area contributed by atoms with Crippen LogP contribution in [0.4, 0.5) is 11.5 Å². The Kier molecular flexibility index (Phi) is 8.60. The number of anilines is 2. The van der Waals surface area contributed by atoms with Gasteiger partial charge in [0, 0.05) is 18.0 Å². The number of aryl methyl sites for hydroxylation is 1. The number of aromatic nitrogens is 1. The number of nitrogens with one attached hydrogen (secondary N) is 1. The zero-order valence-electron chi connectivity index (χ0n) is 21.7. The van der Waals surface area contributed by atoms with E-state index in [2.05, 4.69) is 50.3 Å². The standard InChI is InChI=1S/C23H27ClN4O3S.C6H4/c1-4-5-9-14-32(30,31)26-23(29)20-15-17(2)21-22(25-20)27(13-12-24)18(3)28(21)16-19-10-7-6-8-11-19;1-2-6-4-3-5(1)6/h6-8,10-11,15,18H,4-5,9,14,16H2,1-3H3,(H,26,29);1-4H. The molecule has 3 aliphatic rings. The Morgan fingerprint density at radius 1 is 1.08 bits per heavy atom. The van der Waals surface area contributed by atoms with Crippen LogP contribution >= 0.6 is 11.6 Å². The van der Waals surface area contributed by atoms with Crippen molar-refractivity contribution in [3.05, 3.63) is 77.5 Å². The Labute approximate surface area is 229 Å². The fourth-order valence-electron chi connectivity index (χ4n) is 4.42. The predicted octanol–water partition coefficient (Wildman–Crippen LogP) is 5.64. The molecule has 0 spiro atoms. The average molecular weight is 551 g/mol. The molecule has 0 saturated heterocycles. The number of carbonyl (C=O) groups is 1. The van der Waals surface area contributed by atoms with Crippen molar-refractivity contribution >= 4 is 39.0 Å². The van der Waals surface area contributed by atoms with E-state index in [9.17, 15) is 13.2 Å². The van der Waals surface area contributed by atoms with Crippen LogP contribution in [0.5, 0.6) is 0 Å². The van der Waals surface area contributed by atoms with Crippen LogP contribution in [0.2, 0.25) is 0 Å². The van der Waals surface area contributed by atoms with Crippen molar-refractivity contribution in [3.8, 4) is 22.6 Å². The minimum atomic E-state index is -3.73. The van der Waals surface area contributed by atoms with Crippen molar-refractivity contribution in [3.63, 3.8) is 0 Å². The lowest BCUT2D eigenvalue weighted by Gasteiger charge is -2.27. The first kappa shape index (κ1) is 27.5. The van der Waals surface area contributed by atoms with Crippen LogP contribution in [0, 0.1) is 18.3 Å². The van der Waals surface area contributed by atoms with Gasteiger partial charge in [0.1, 0.15) is 11.9 Å². The smallest absolute Gasteiger partial charge is 0.283 e. The van der Waals surface area contributed by atoms with E-state index in [1.807, 2.05) is 51.1 Å². The summed E-state index contributed by atoms with van der Waals surface area (Å²) in [5, 5.41) is 2.39. The number of nitrogens with zero attached hydrogens (tertiary/aromatic N) is 3. The summed E-state index contributed by atoms with van der Waals surface area (Å²) in [7, 11) is -3.73. The van der Waals surface area contributed by atoms with Gasteiger partial charge in [0.25, 0.3) is 5.91 Å². The Balaban J connectivity index is 0.000000483. The first-order valence-corrected chi connectivity index (χ1v) is 14.6. The van der Waals surface area contributed by atoms with Gasteiger partial charge >= 0.3 is 0 Å². The number of pyridine rings is 1. The molecule has 1 aromatic heterocycles. The van der Waals surface area contributed by atoms with Gasteiger partial charge in [-0.15, -0.1) is 0 Å². The molecule has 1 atom stereocenters. The van der Waals surface area contributed by atoms with Crippen molar-refractivity contribution in [2.75, 3.05) is 15.6 Å². The molecule has 1 N–H and O–H groups in total. The first-order valence-electron chi connectivity index (χ1n) is 12.6. The highest BCUT2D eigenvalue weighted by molar-refractivity contribution is 7.90. The average Bonchev–Trinajstić information content (AvgIpc) is 3.13. The van der Waals surface area contributed by atoms with Crippen LogP contribution < -0.4 is 14.5 Å². The number of unbranched alkanes of at least 4 members (excludes halogenated alkanes) is 2. The normalized spacial score (nSPS) is 14.6. The molecular formula is C29H31ClN4O3S. The molecule has 38 heavy (non-hydrogen) atoms. The quantitative estimate of drug-likeness (QED) is 0.226. The molecule has 1 unspecified atom stereocenters. The molecule has 0 radical (unpaired) electrons. The Hall–Kier alpha value is -3.54. The molecule has 198 valence electrons. The zero-order chi connectivity index (χ0) is 27.3. The third kappa shape index (κ3) is 6.12. The van der Waals surface area contributed by atoms with E-state index in [-0.39, 0.29) is 17.6 Å². The number of halogens is 1. The molecule has 2 heterocycles. The summed E-state index contributed by atoms with van der Waals surface area (Å²) in [6, 6.07) is 22.9. The first-order chi connectivity index (χ1) is 18.2. The maximum absolute atomic E-state index is 12.7. The number of rotatable bonds is 8. The summed E-state index contributed by atoms with van der Waals surface area (Å²) >= 11 is 5.70. The fraction of sp³-hybridized carbons (Fsp3) is 0.310. The second-order valence-corrected chi connectivity index (χ2v) is 11.4. The van der Waals surface area contributed by atoms with Crippen LogP contribution in [0.3, 0.4) is 0 Å². The van der Waals surface area contributed by atoms with Crippen LogP contribution in [0.1, 0.15) is 54.7 Å². The molecule has 0 saturated carbocycles. The van der Waals surface area contributed by atoms with Gasteiger partial charge in [-0.2, -0.15) is 0 Å². The number of sulfonamides is 1. The third-order valence-electron chi connectivity index (χ3n) is 6.58. The molecule has 5 rings (SSSR count). The number of benzene rings is 2. The van der Waals surface area contributed by atoms with E-state index in [1.165, 1.54) is 11.1 Å². The SMILES string of the molecule is CCCCCS(=O)(=O)NC(=O)c1cc(C)c2c(n1)N(C#CCl)C(C)N2Cc1ccccc1.c1cc2ccc1-2. The van der Waals surface area contributed by atoms with Gasteiger partial charge < -0.3 is 4.90 Å². The van der Waals surface area contributed by atoms with Gasteiger partial charge in [-0.1, -0.05) is 74.4 Å². The van der Waals surface area contributed by atoms with Gasteiger partial charge in [-0.3, -0.25) is 9.69 Å². The molecule has 0 bridgehead atoms. The molecule has 1 aromatic carbocycles. The Morgan fingerprint density at radius 2 is 1.74 bits per heavy atom. The number of amides is 1. The Bertz CT molecular complexity index is 1440.